The number of nitrogens with zero attached hydrogens (tertiary/aromatic N) is 2. The van der Waals surface area contributed by atoms with Gasteiger partial charge in [-0.2, -0.15) is 0 Å². The Morgan fingerprint density at radius 3 is 3.06 bits per heavy atom. The van der Waals surface area contributed by atoms with Gasteiger partial charge in [-0.15, -0.1) is 0 Å². The second-order valence-electron chi connectivity index (χ2n) is 4.51. The molecule has 1 unspecified atom stereocenters. The van der Waals surface area contributed by atoms with Gasteiger partial charge >= 0.3 is 0 Å². The second-order valence-corrected chi connectivity index (χ2v) is 4.92. The van der Waals surface area contributed by atoms with Gasteiger partial charge < -0.3 is 4.90 Å². The van der Waals surface area contributed by atoms with Crippen molar-refractivity contribution < 1.29 is 4.79 Å². The van der Waals surface area contributed by atoms with Crippen LogP contribution in [0, 0.1) is 6.92 Å². The third-order valence-corrected chi connectivity index (χ3v) is 3.64. The number of carbonyl (C=O) groups excluding carboxylic acids is 1. The number of aryl methyl sites for hydroxylation is 1. The van der Waals surface area contributed by atoms with Gasteiger partial charge in [-0.05, 0) is 32.3 Å². The molecule has 0 radical (unpaired) electrons. The van der Waals surface area contributed by atoms with Gasteiger partial charge in [0.05, 0.1) is 10.6 Å². The van der Waals surface area contributed by atoms with Crippen molar-refractivity contribution in [2.75, 3.05) is 6.54 Å². The zero-order valence-corrected chi connectivity index (χ0v) is 11.0. The Morgan fingerprint density at radius 2 is 2.41 bits per heavy atom. The quantitative estimate of drug-likeness (QED) is 0.811. The summed E-state index contributed by atoms with van der Waals surface area (Å²) in [5.41, 5.74) is 1.36. The topological polar surface area (TPSA) is 33.2 Å². The molecule has 1 amide bonds. The van der Waals surface area contributed by atoms with E-state index in [-0.39, 0.29) is 5.91 Å². The summed E-state index contributed by atoms with van der Waals surface area (Å²) in [6, 6.07) is 2.10. The Bertz CT molecular complexity index is 433. The molecule has 1 aromatic heterocycles. The van der Waals surface area contributed by atoms with Crippen molar-refractivity contribution in [1.82, 2.24) is 9.88 Å². The summed E-state index contributed by atoms with van der Waals surface area (Å²) in [4.78, 5) is 18.4. The summed E-state index contributed by atoms with van der Waals surface area (Å²) >= 11 is 6.11. The van der Waals surface area contributed by atoms with Crippen LogP contribution in [0.4, 0.5) is 0 Å². The molecule has 1 aliphatic heterocycles. The maximum Gasteiger partial charge on any atom is 0.257 e. The van der Waals surface area contributed by atoms with Crippen molar-refractivity contribution in [3.05, 3.63) is 28.5 Å². The molecule has 17 heavy (non-hydrogen) atoms. The zero-order chi connectivity index (χ0) is 12.4. The predicted molar refractivity (Wildman–Crippen MR) is 68.3 cm³/mol. The van der Waals surface area contributed by atoms with Gasteiger partial charge in [-0.1, -0.05) is 18.5 Å². The van der Waals surface area contributed by atoms with Crippen LogP contribution in [0.3, 0.4) is 0 Å². The zero-order valence-electron chi connectivity index (χ0n) is 10.2. The van der Waals surface area contributed by atoms with Crippen LogP contribution >= 0.6 is 11.6 Å². The fraction of sp³-hybridized carbons (Fsp3) is 0.538. The Balaban J connectivity index is 2.24. The van der Waals surface area contributed by atoms with Crippen molar-refractivity contribution in [2.45, 2.75) is 39.2 Å². The number of halogens is 1. The largest absolute Gasteiger partial charge is 0.336 e. The number of amides is 1. The van der Waals surface area contributed by atoms with E-state index in [2.05, 4.69) is 11.9 Å². The number of aromatic nitrogens is 1. The molecule has 1 saturated heterocycles. The smallest absolute Gasteiger partial charge is 0.257 e. The molecule has 1 aromatic rings. The highest BCUT2D eigenvalue weighted by molar-refractivity contribution is 6.33. The number of hydrogen-bond donors (Lipinski definition) is 0. The summed E-state index contributed by atoms with van der Waals surface area (Å²) in [7, 11) is 0. The van der Waals surface area contributed by atoms with Gasteiger partial charge in [0.1, 0.15) is 0 Å². The highest BCUT2D eigenvalue weighted by Crippen LogP contribution is 2.25. The molecular formula is C13H17ClN2O. The van der Waals surface area contributed by atoms with Crippen LogP contribution in [-0.4, -0.2) is 28.4 Å². The Hall–Kier alpha value is -1.09. The molecule has 4 heteroatoms. The number of rotatable bonds is 2. The molecular weight excluding hydrogens is 236 g/mol. The van der Waals surface area contributed by atoms with Crippen molar-refractivity contribution in [2.24, 2.45) is 0 Å². The molecule has 1 aliphatic rings. The van der Waals surface area contributed by atoms with Gasteiger partial charge in [-0.3, -0.25) is 9.78 Å². The lowest BCUT2D eigenvalue weighted by Crippen LogP contribution is -2.35. The van der Waals surface area contributed by atoms with E-state index in [1.54, 1.807) is 12.3 Å². The molecule has 0 bridgehead atoms. The van der Waals surface area contributed by atoms with E-state index >= 15 is 0 Å². The van der Waals surface area contributed by atoms with E-state index in [4.69, 9.17) is 11.6 Å². The molecule has 92 valence electrons. The van der Waals surface area contributed by atoms with Crippen molar-refractivity contribution in [1.29, 1.82) is 0 Å². The highest BCUT2D eigenvalue weighted by Gasteiger charge is 2.29. The van der Waals surface area contributed by atoms with Gasteiger partial charge in [0.15, 0.2) is 0 Å². The third kappa shape index (κ3) is 2.44. The van der Waals surface area contributed by atoms with E-state index in [0.29, 0.717) is 16.6 Å². The first-order chi connectivity index (χ1) is 8.13. The maximum atomic E-state index is 12.3. The van der Waals surface area contributed by atoms with Gasteiger partial charge in [-0.25, -0.2) is 0 Å². The lowest BCUT2D eigenvalue weighted by molar-refractivity contribution is 0.0733. The first-order valence-corrected chi connectivity index (χ1v) is 6.44. The number of likely N-dealkylation sites (tertiary alicyclic amines) is 1. The van der Waals surface area contributed by atoms with E-state index in [0.717, 1.165) is 31.5 Å². The van der Waals surface area contributed by atoms with E-state index in [9.17, 15) is 4.79 Å². The molecule has 2 heterocycles. The van der Waals surface area contributed by atoms with Crippen LogP contribution in [-0.2, 0) is 0 Å². The Labute approximate surface area is 107 Å². The minimum Gasteiger partial charge on any atom is -0.336 e. The summed E-state index contributed by atoms with van der Waals surface area (Å²) in [5.74, 6) is 0.0202. The number of pyridine rings is 1. The molecule has 1 fully saturated rings. The average molecular weight is 253 g/mol. The standard InChI is InChI=1S/C13H17ClN2O/c1-3-10-5-4-6-16(10)13(17)11-8-15-9(2)7-12(11)14/h7-8,10H,3-6H2,1-2H3. The van der Waals surface area contributed by atoms with Crippen LogP contribution in [0.5, 0.6) is 0 Å². The van der Waals surface area contributed by atoms with Crippen molar-refractivity contribution in [3.63, 3.8) is 0 Å². The fourth-order valence-electron chi connectivity index (χ4n) is 2.37. The molecule has 0 spiro atoms. The minimum absolute atomic E-state index is 0.0202. The molecule has 0 aromatic carbocycles. The number of hydrogen-bond acceptors (Lipinski definition) is 2. The SMILES string of the molecule is CCC1CCCN1C(=O)c1cnc(C)cc1Cl. The van der Waals surface area contributed by atoms with Crippen molar-refractivity contribution in [3.8, 4) is 0 Å². The van der Waals surface area contributed by atoms with Gasteiger partial charge in [0, 0.05) is 24.5 Å². The molecule has 0 saturated carbocycles. The fourth-order valence-corrected chi connectivity index (χ4v) is 2.65. The monoisotopic (exact) mass is 252 g/mol. The molecule has 0 N–H and O–H groups in total. The van der Waals surface area contributed by atoms with E-state index in [1.807, 2.05) is 11.8 Å². The van der Waals surface area contributed by atoms with Crippen LogP contribution < -0.4 is 0 Å². The van der Waals surface area contributed by atoms with Crippen LogP contribution in [0.1, 0.15) is 42.2 Å². The Kier molecular flexibility index (Phi) is 3.67. The molecule has 1 atom stereocenters. The van der Waals surface area contributed by atoms with Gasteiger partial charge in [0.25, 0.3) is 5.91 Å². The summed E-state index contributed by atoms with van der Waals surface area (Å²) in [6.07, 6.45) is 4.77. The van der Waals surface area contributed by atoms with Crippen LogP contribution in [0.2, 0.25) is 5.02 Å². The summed E-state index contributed by atoms with van der Waals surface area (Å²) in [5, 5.41) is 0.504. The normalized spacial score (nSPS) is 19.7. The third-order valence-electron chi connectivity index (χ3n) is 3.33. The highest BCUT2D eigenvalue weighted by atomic mass is 35.5. The average Bonchev–Trinajstić information content (AvgIpc) is 2.76. The van der Waals surface area contributed by atoms with E-state index in [1.165, 1.54) is 0 Å². The molecule has 3 nitrogen and oxygen atoms in total. The van der Waals surface area contributed by atoms with Gasteiger partial charge in [0.2, 0.25) is 0 Å². The minimum atomic E-state index is 0.0202. The Morgan fingerprint density at radius 1 is 1.65 bits per heavy atom. The lowest BCUT2D eigenvalue weighted by Gasteiger charge is -2.24. The number of carbonyl (C=O) groups is 1. The predicted octanol–water partition coefficient (Wildman–Crippen LogP) is 3.06. The lowest BCUT2D eigenvalue weighted by atomic mass is 10.1. The van der Waals surface area contributed by atoms with Crippen LogP contribution in [0.25, 0.3) is 0 Å². The summed E-state index contributed by atoms with van der Waals surface area (Å²) < 4.78 is 0. The maximum absolute atomic E-state index is 12.3. The van der Waals surface area contributed by atoms with Crippen LogP contribution in [0.15, 0.2) is 12.3 Å². The first-order valence-electron chi connectivity index (χ1n) is 6.06. The molecule has 2 rings (SSSR count). The van der Waals surface area contributed by atoms with Crippen molar-refractivity contribution >= 4 is 17.5 Å². The first kappa shape index (κ1) is 12.4. The molecule has 0 aliphatic carbocycles. The second kappa shape index (κ2) is 5.05. The summed E-state index contributed by atoms with van der Waals surface area (Å²) in [6.45, 7) is 4.82. The van der Waals surface area contributed by atoms with E-state index < -0.39 is 0 Å².